The molecular formula is C15H25N3S. The van der Waals surface area contributed by atoms with Crippen molar-refractivity contribution < 1.29 is 0 Å². The Balaban J connectivity index is 2.46. The van der Waals surface area contributed by atoms with E-state index < -0.39 is 0 Å². The lowest BCUT2D eigenvalue weighted by molar-refractivity contribution is 0.664. The minimum atomic E-state index is 0.209. The number of aryl methyl sites for hydroxylation is 1. The number of nitrogens with zero attached hydrogens (tertiary/aromatic N) is 1. The van der Waals surface area contributed by atoms with Gasteiger partial charge in [0.15, 0.2) is 5.96 Å². The summed E-state index contributed by atoms with van der Waals surface area (Å²) in [4.78, 5) is 4.25. The quantitative estimate of drug-likeness (QED) is 0.643. The smallest absolute Gasteiger partial charge is 0.191 e. The molecule has 1 aromatic rings. The molecule has 0 bridgehead atoms. The molecule has 0 heterocycles. The molecule has 106 valence electrons. The molecule has 0 aliphatic heterocycles. The second-order valence-electron chi connectivity index (χ2n) is 5.23. The molecule has 0 atom stereocenters. The van der Waals surface area contributed by atoms with Crippen LogP contribution in [0.2, 0.25) is 0 Å². The third-order valence-electron chi connectivity index (χ3n) is 3.00. The van der Waals surface area contributed by atoms with E-state index in [9.17, 15) is 0 Å². The van der Waals surface area contributed by atoms with E-state index in [0.717, 1.165) is 19.0 Å². The predicted molar refractivity (Wildman–Crippen MR) is 87.0 cm³/mol. The summed E-state index contributed by atoms with van der Waals surface area (Å²) in [6, 6.07) is 8.50. The summed E-state index contributed by atoms with van der Waals surface area (Å²) < 4.78 is 0.209. The van der Waals surface area contributed by atoms with Gasteiger partial charge >= 0.3 is 0 Å². The summed E-state index contributed by atoms with van der Waals surface area (Å²) in [6.45, 7) is 8.23. The van der Waals surface area contributed by atoms with Crippen LogP contribution in [0.3, 0.4) is 0 Å². The highest BCUT2D eigenvalue weighted by Crippen LogP contribution is 2.19. The number of benzene rings is 1. The van der Waals surface area contributed by atoms with Crippen LogP contribution in [0, 0.1) is 6.92 Å². The molecule has 1 rings (SSSR count). The fraction of sp³-hybridized carbons (Fsp3) is 0.533. The summed E-state index contributed by atoms with van der Waals surface area (Å²) in [6.07, 6.45) is 2.13. The fourth-order valence-corrected chi connectivity index (χ4v) is 1.81. The molecule has 0 spiro atoms. The normalized spacial score (nSPS) is 12.4. The number of rotatable bonds is 5. The maximum Gasteiger partial charge on any atom is 0.191 e. The third-order valence-corrected chi connectivity index (χ3v) is 4.25. The molecular weight excluding hydrogens is 254 g/mol. The van der Waals surface area contributed by atoms with E-state index in [2.05, 4.69) is 66.9 Å². The topological polar surface area (TPSA) is 36.4 Å². The van der Waals surface area contributed by atoms with Crippen LogP contribution in [0.4, 0.5) is 0 Å². The Kier molecular flexibility index (Phi) is 6.22. The van der Waals surface area contributed by atoms with Gasteiger partial charge in [-0.1, -0.05) is 29.8 Å². The number of guanidine groups is 1. The van der Waals surface area contributed by atoms with Crippen LogP contribution in [-0.4, -0.2) is 30.6 Å². The SMILES string of the molecule is CN=C(NCc1cccc(C)c1)NCC(C)(C)SC. The fourth-order valence-electron chi connectivity index (χ4n) is 1.60. The predicted octanol–water partition coefficient (Wildman–Crippen LogP) is 2.80. The van der Waals surface area contributed by atoms with Crippen LogP contribution in [-0.2, 0) is 6.54 Å². The van der Waals surface area contributed by atoms with E-state index in [1.165, 1.54) is 11.1 Å². The van der Waals surface area contributed by atoms with E-state index in [0.29, 0.717) is 0 Å². The van der Waals surface area contributed by atoms with Crippen molar-refractivity contribution in [3.05, 3.63) is 35.4 Å². The van der Waals surface area contributed by atoms with Gasteiger partial charge in [0.2, 0.25) is 0 Å². The van der Waals surface area contributed by atoms with Crippen LogP contribution in [0.1, 0.15) is 25.0 Å². The lowest BCUT2D eigenvalue weighted by Crippen LogP contribution is -2.42. The lowest BCUT2D eigenvalue weighted by Gasteiger charge is -2.23. The highest BCUT2D eigenvalue weighted by molar-refractivity contribution is 7.99. The molecule has 2 N–H and O–H groups in total. The van der Waals surface area contributed by atoms with Gasteiger partial charge in [-0.2, -0.15) is 11.8 Å². The molecule has 0 fully saturated rings. The summed E-state index contributed by atoms with van der Waals surface area (Å²) in [5, 5.41) is 6.70. The van der Waals surface area contributed by atoms with Gasteiger partial charge in [0.1, 0.15) is 0 Å². The Bertz CT molecular complexity index is 427. The van der Waals surface area contributed by atoms with Crippen molar-refractivity contribution in [3.8, 4) is 0 Å². The molecule has 4 heteroatoms. The van der Waals surface area contributed by atoms with Crippen LogP contribution in [0.5, 0.6) is 0 Å². The van der Waals surface area contributed by atoms with E-state index in [1.807, 2.05) is 11.8 Å². The molecule has 0 aromatic heterocycles. The van der Waals surface area contributed by atoms with Crippen molar-refractivity contribution in [2.24, 2.45) is 4.99 Å². The van der Waals surface area contributed by atoms with Crippen LogP contribution in [0.15, 0.2) is 29.3 Å². The van der Waals surface area contributed by atoms with Gasteiger partial charge in [0.25, 0.3) is 0 Å². The molecule has 0 radical (unpaired) electrons. The van der Waals surface area contributed by atoms with Crippen molar-refractivity contribution in [2.45, 2.75) is 32.1 Å². The average molecular weight is 279 g/mol. The third kappa shape index (κ3) is 6.01. The first-order valence-electron chi connectivity index (χ1n) is 6.52. The maximum atomic E-state index is 4.25. The zero-order chi connectivity index (χ0) is 14.3. The second kappa shape index (κ2) is 7.43. The van der Waals surface area contributed by atoms with Crippen molar-refractivity contribution in [1.29, 1.82) is 0 Å². The first-order chi connectivity index (χ1) is 8.96. The Morgan fingerprint density at radius 3 is 2.63 bits per heavy atom. The Labute approximate surface area is 121 Å². The zero-order valence-electron chi connectivity index (χ0n) is 12.6. The molecule has 1 aromatic carbocycles. The molecule has 0 saturated heterocycles. The second-order valence-corrected chi connectivity index (χ2v) is 6.75. The maximum absolute atomic E-state index is 4.25. The molecule has 0 aliphatic rings. The van der Waals surface area contributed by atoms with Gasteiger partial charge in [0.05, 0.1) is 0 Å². The molecule has 3 nitrogen and oxygen atoms in total. The molecule has 0 amide bonds. The number of hydrogen-bond donors (Lipinski definition) is 2. The van der Waals surface area contributed by atoms with Crippen LogP contribution < -0.4 is 10.6 Å². The summed E-state index contributed by atoms with van der Waals surface area (Å²) >= 11 is 1.85. The van der Waals surface area contributed by atoms with E-state index in [1.54, 1.807) is 7.05 Å². The van der Waals surface area contributed by atoms with E-state index in [-0.39, 0.29) is 4.75 Å². The Hall–Kier alpha value is -1.16. The first-order valence-corrected chi connectivity index (χ1v) is 7.74. The molecule has 0 saturated carbocycles. The summed E-state index contributed by atoms with van der Waals surface area (Å²) in [5.74, 6) is 0.851. The summed E-state index contributed by atoms with van der Waals surface area (Å²) in [5.41, 5.74) is 2.55. The van der Waals surface area contributed by atoms with Gasteiger partial charge in [-0.3, -0.25) is 4.99 Å². The minimum absolute atomic E-state index is 0.209. The minimum Gasteiger partial charge on any atom is -0.355 e. The number of hydrogen-bond acceptors (Lipinski definition) is 2. The highest BCUT2D eigenvalue weighted by atomic mass is 32.2. The first kappa shape index (κ1) is 15.9. The van der Waals surface area contributed by atoms with Gasteiger partial charge in [0, 0.05) is 24.9 Å². The zero-order valence-corrected chi connectivity index (χ0v) is 13.4. The number of nitrogens with one attached hydrogen (secondary N) is 2. The van der Waals surface area contributed by atoms with Gasteiger partial charge in [-0.25, -0.2) is 0 Å². The monoisotopic (exact) mass is 279 g/mol. The lowest BCUT2D eigenvalue weighted by atomic mass is 10.1. The van der Waals surface area contributed by atoms with Crippen molar-refractivity contribution in [3.63, 3.8) is 0 Å². The standard InChI is InChI=1S/C15H25N3S/c1-12-7-6-8-13(9-12)10-17-14(16-4)18-11-15(2,3)19-5/h6-9H,10-11H2,1-5H3,(H2,16,17,18). The summed E-state index contributed by atoms with van der Waals surface area (Å²) in [7, 11) is 1.80. The van der Waals surface area contributed by atoms with Gasteiger partial charge in [-0.05, 0) is 32.6 Å². The van der Waals surface area contributed by atoms with Crippen molar-refractivity contribution >= 4 is 17.7 Å². The van der Waals surface area contributed by atoms with E-state index in [4.69, 9.17) is 0 Å². The molecule has 0 unspecified atom stereocenters. The van der Waals surface area contributed by atoms with Crippen LogP contribution in [0.25, 0.3) is 0 Å². The number of aliphatic imine (C=N–C) groups is 1. The van der Waals surface area contributed by atoms with Crippen molar-refractivity contribution in [2.75, 3.05) is 19.8 Å². The molecule has 0 aliphatic carbocycles. The number of thioether (sulfide) groups is 1. The van der Waals surface area contributed by atoms with Gasteiger partial charge < -0.3 is 10.6 Å². The Morgan fingerprint density at radius 2 is 2.05 bits per heavy atom. The van der Waals surface area contributed by atoms with E-state index >= 15 is 0 Å². The van der Waals surface area contributed by atoms with Crippen LogP contribution >= 0.6 is 11.8 Å². The Morgan fingerprint density at radius 1 is 1.32 bits per heavy atom. The molecule has 19 heavy (non-hydrogen) atoms. The van der Waals surface area contributed by atoms with Gasteiger partial charge in [-0.15, -0.1) is 0 Å². The largest absolute Gasteiger partial charge is 0.355 e. The average Bonchev–Trinajstić information content (AvgIpc) is 2.39. The highest BCUT2D eigenvalue weighted by Gasteiger charge is 2.15. The van der Waals surface area contributed by atoms with Crippen molar-refractivity contribution in [1.82, 2.24) is 10.6 Å².